The van der Waals surface area contributed by atoms with Crippen molar-refractivity contribution < 1.29 is 29.3 Å². The average Bonchev–Trinajstić information content (AvgIpc) is 2.35. The van der Waals surface area contributed by atoms with Gasteiger partial charge < -0.3 is 19.7 Å². The molecule has 0 aliphatic rings. The molecule has 7 heteroatoms. The van der Waals surface area contributed by atoms with Gasteiger partial charge >= 0.3 is 12.1 Å². The fourth-order valence-corrected chi connectivity index (χ4v) is 1.75. The maximum atomic E-state index is 11.8. The van der Waals surface area contributed by atoms with Gasteiger partial charge in [0.1, 0.15) is 11.4 Å². The van der Waals surface area contributed by atoms with Crippen molar-refractivity contribution in [1.82, 2.24) is 0 Å². The molecule has 22 heavy (non-hydrogen) atoms. The number of anilines is 1. The molecular formula is C15H21NO6. The number of aliphatic hydroxyl groups is 1. The van der Waals surface area contributed by atoms with Crippen LogP contribution >= 0.6 is 0 Å². The van der Waals surface area contributed by atoms with Gasteiger partial charge in [-0.05, 0) is 39.0 Å². The van der Waals surface area contributed by atoms with E-state index in [0.29, 0.717) is 5.75 Å². The Bertz CT molecular complexity index is 549. The summed E-state index contributed by atoms with van der Waals surface area (Å²) in [4.78, 5) is 22.6. The number of aliphatic carboxylic acids is 1. The minimum absolute atomic E-state index is 0.243. The molecular weight excluding hydrogens is 290 g/mol. The van der Waals surface area contributed by atoms with E-state index in [1.807, 2.05) is 0 Å². The van der Waals surface area contributed by atoms with E-state index in [2.05, 4.69) is 5.32 Å². The molecule has 0 aromatic heterocycles. The van der Waals surface area contributed by atoms with Gasteiger partial charge in [0.25, 0.3) is 0 Å². The van der Waals surface area contributed by atoms with Gasteiger partial charge in [0, 0.05) is 5.56 Å². The Hall–Kier alpha value is -2.28. The molecule has 0 spiro atoms. The molecule has 1 unspecified atom stereocenters. The molecule has 1 amide bonds. The van der Waals surface area contributed by atoms with E-state index in [4.69, 9.17) is 14.6 Å². The molecule has 0 heterocycles. The second-order valence-electron chi connectivity index (χ2n) is 5.69. The molecule has 0 bridgehead atoms. The largest absolute Gasteiger partial charge is 0.497 e. The van der Waals surface area contributed by atoms with Gasteiger partial charge in [-0.15, -0.1) is 0 Å². The summed E-state index contributed by atoms with van der Waals surface area (Å²) >= 11 is 0. The van der Waals surface area contributed by atoms with E-state index < -0.39 is 30.2 Å². The van der Waals surface area contributed by atoms with Crippen molar-refractivity contribution in [3.05, 3.63) is 23.8 Å². The molecule has 3 N–H and O–H groups in total. The molecule has 7 nitrogen and oxygen atoms in total. The highest BCUT2D eigenvalue weighted by Crippen LogP contribution is 2.30. The summed E-state index contributed by atoms with van der Waals surface area (Å²) in [6, 6.07) is 4.58. The van der Waals surface area contributed by atoms with E-state index in [1.54, 1.807) is 26.8 Å². The Morgan fingerprint density at radius 3 is 2.45 bits per heavy atom. The maximum Gasteiger partial charge on any atom is 0.412 e. The van der Waals surface area contributed by atoms with Crippen LogP contribution in [0.5, 0.6) is 5.75 Å². The van der Waals surface area contributed by atoms with Crippen LogP contribution in [0.1, 0.15) is 38.9 Å². The molecule has 0 aliphatic carbocycles. The number of carboxylic acid groups (broad SMARTS) is 1. The van der Waals surface area contributed by atoms with Gasteiger partial charge in [0.05, 0.1) is 25.3 Å². The van der Waals surface area contributed by atoms with E-state index in [1.165, 1.54) is 19.2 Å². The Morgan fingerprint density at radius 2 is 1.95 bits per heavy atom. The highest BCUT2D eigenvalue weighted by Gasteiger charge is 2.21. The highest BCUT2D eigenvalue weighted by atomic mass is 16.6. The van der Waals surface area contributed by atoms with E-state index in [0.717, 1.165) is 0 Å². The average molecular weight is 311 g/mol. The summed E-state index contributed by atoms with van der Waals surface area (Å²) in [5.41, 5.74) is -0.160. The number of hydrogen-bond donors (Lipinski definition) is 3. The van der Waals surface area contributed by atoms with Crippen molar-refractivity contribution >= 4 is 17.7 Å². The summed E-state index contributed by atoms with van der Waals surface area (Å²) in [6.07, 6.45) is -2.46. The Balaban J connectivity index is 3.02. The molecule has 0 radical (unpaired) electrons. The van der Waals surface area contributed by atoms with Crippen LogP contribution in [0.2, 0.25) is 0 Å². The first-order valence-corrected chi connectivity index (χ1v) is 6.70. The number of hydrogen-bond acceptors (Lipinski definition) is 5. The number of ether oxygens (including phenoxy) is 2. The van der Waals surface area contributed by atoms with Gasteiger partial charge in [-0.25, -0.2) is 4.79 Å². The standard InChI is InChI=1S/C15H21NO6/c1-15(2,3)22-14(20)16-11-6-5-9(21-4)7-10(11)12(17)8-13(18)19/h5-7,12,17H,8H2,1-4H3,(H,16,20)(H,18,19). The third-order valence-electron chi connectivity index (χ3n) is 2.62. The zero-order valence-corrected chi connectivity index (χ0v) is 13.0. The molecule has 122 valence electrons. The lowest BCUT2D eigenvalue weighted by atomic mass is 10.0. The quantitative estimate of drug-likeness (QED) is 0.772. The molecule has 1 atom stereocenters. The predicted octanol–water partition coefficient (Wildman–Crippen LogP) is 2.55. The van der Waals surface area contributed by atoms with Crippen molar-refractivity contribution in [3.63, 3.8) is 0 Å². The summed E-state index contributed by atoms with van der Waals surface area (Å²) < 4.78 is 10.2. The number of aliphatic hydroxyl groups excluding tert-OH is 1. The van der Waals surface area contributed by atoms with Crippen LogP contribution in [-0.4, -0.2) is 35.0 Å². The molecule has 1 aromatic rings. The number of carbonyl (C=O) groups excluding carboxylic acids is 1. The summed E-state index contributed by atoms with van der Waals surface area (Å²) in [6.45, 7) is 5.17. The highest BCUT2D eigenvalue weighted by molar-refractivity contribution is 5.86. The Morgan fingerprint density at radius 1 is 1.32 bits per heavy atom. The monoisotopic (exact) mass is 311 g/mol. The van der Waals surface area contributed by atoms with Gasteiger partial charge in [-0.1, -0.05) is 0 Å². The number of nitrogens with one attached hydrogen (secondary N) is 1. The van der Waals surface area contributed by atoms with E-state index >= 15 is 0 Å². The van der Waals surface area contributed by atoms with Crippen LogP contribution in [0.4, 0.5) is 10.5 Å². The number of benzene rings is 1. The van der Waals surface area contributed by atoms with Gasteiger partial charge in [0.15, 0.2) is 0 Å². The first kappa shape index (κ1) is 17.8. The normalized spacial score (nSPS) is 12.4. The zero-order chi connectivity index (χ0) is 16.9. The van der Waals surface area contributed by atoms with Crippen LogP contribution in [0, 0.1) is 0 Å². The van der Waals surface area contributed by atoms with E-state index in [9.17, 15) is 14.7 Å². The maximum absolute atomic E-state index is 11.8. The lowest BCUT2D eigenvalue weighted by Crippen LogP contribution is -2.27. The first-order chi connectivity index (χ1) is 10.1. The smallest absolute Gasteiger partial charge is 0.412 e. The molecule has 0 saturated heterocycles. The van der Waals surface area contributed by atoms with Crippen molar-refractivity contribution in [3.8, 4) is 5.75 Å². The minimum Gasteiger partial charge on any atom is -0.497 e. The number of carbonyl (C=O) groups is 2. The minimum atomic E-state index is -1.28. The van der Waals surface area contributed by atoms with Gasteiger partial charge in [-0.3, -0.25) is 10.1 Å². The third-order valence-corrected chi connectivity index (χ3v) is 2.62. The van der Waals surface area contributed by atoms with Gasteiger partial charge in [0.2, 0.25) is 0 Å². The lowest BCUT2D eigenvalue weighted by molar-refractivity contribution is -0.139. The van der Waals surface area contributed by atoms with Crippen molar-refractivity contribution in [1.29, 1.82) is 0 Å². The summed E-state index contributed by atoms with van der Waals surface area (Å²) in [5, 5.41) is 21.3. The van der Waals surface area contributed by atoms with Crippen LogP contribution in [-0.2, 0) is 9.53 Å². The fourth-order valence-electron chi connectivity index (χ4n) is 1.75. The Labute approximate surface area is 128 Å². The number of carboxylic acids is 1. The SMILES string of the molecule is COc1ccc(NC(=O)OC(C)(C)C)c(C(O)CC(=O)O)c1. The van der Waals surface area contributed by atoms with Crippen LogP contribution in [0.25, 0.3) is 0 Å². The van der Waals surface area contributed by atoms with Crippen molar-refractivity contribution in [2.45, 2.75) is 38.9 Å². The zero-order valence-electron chi connectivity index (χ0n) is 13.0. The predicted molar refractivity (Wildman–Crippen MR) is 80.1 cm³/mol. The summed E-state index contributed by atoms with van der Waals surface area (Å²) in [5.74, 6) is -0.715. The number of rotatable bonds is 5. The number of amides is 1. The third kappa shape index (κ3) is 5.61. The lowest BCUT2D eigenvalue weighted by Gasteiger charge is -2.21. The molecule has 0 fully saturated rings. The van der Waals surface area contributed by atoms with Crippen LogP contribution in [0.15, 0.2) is 18.2 Å². The summed E-state index contributed by atoms with van der Waals surface area (Å²) in [7, 11) is 1.45. The molecule has 0 saturated carbocycles. The van der Waals surface area contributed by atoms with Crippen LogP contribution < -0.4 is 10.1 Å². The Kier molecular flexibility index (Phi) is 5.76. The van der Waals surface area contributed by atoms with Crippen LogP contribution in [0.3, 0.4) is 0 Å². The molecule has 1 rings (SSSR count). The van der Waals surface area contributed by atoms with E-state index in [-0.39, 0.29) is 11.3 Å². The second kappa shape index (κ2) is 7.13. The topological polar surface area (TPSA) is 105 Å². The number of methoxy groups -OCH3 is 1. The fraction of sp³-hybridized carbons (Fsp3) is 0.467. The molecule has 0 aliphatic heterocycles. The first-order valence-electron chi connectivity index (χ1n) is 6.70. The molecule has 1 aromatic carbocycles. The van der Waals surface area contributed by atoms with Crippen molar-refractivity contribution in [2.75, 3.05) is 12.4 Å². The van der Waals surface area contributed by atoms with Gasteiger partial charge in [-0.2, -0.15) is 0 Å². The van der Waals surface area contributed by atoms with Crippen molar-refractivity contribution in [2.24, 2.45) is 0 Å². The second-order valence-corrected chi connectivity index (χ2v) is 5.69.